The smallest absolute Gasteiger partial charge is 0.252 e. The number of rotatable bonds is 7. The Kier molecular flexibility index (Phi) is 6.29. The minimum atomic E-state index is -3.07. The van der Waals surface area contributed by atoms with Gasteiger partial charge in [0.1, 0.15) is 9.84 Å². The SMILES string of the molecule is CCc1ccc(CN2CCc3c(C(=O)NCCS(C)(=O)=O)csc3C2)nc1. The molecule has 1 N–H and O–H groups in total. The molecule has 2 aromatic heterocycles. The number of nitrogens with one attached hydrogen (secondary N) is 1. The first-order chi connectivity index (χ1) is 12.9. The van der Waals surface area contributed by atoms with Crippen LogP contribution in [0, 0.1) is 0 Å². The van der Waals surface area contributed by atoms with Crippen molar-refractivity contribution in [3.63, 3.8) is 0 Å². The first-order valence-electron chi connectivity index (χ1n) is 9.07. The van der Waals surface area contributed by atoms with Crippen molar-refractivity contribution in [2.24, 2.45) is 0 Å². The fraction of sp³-hybridized carbons (Fsp3) is 0.474. The van der Waals surface area contributed by atoms with Crippen LogP contribution in [-0.4, -0.2) is 49.3 Å². The number of aryl methyl sites for hydroxylation is 1. The summed E-state index contributed by atoms with van der Waals surface area (Å²) in [6.45, 7) is 4.76. The molecule has 0 spiro atoms. The average Bonchev–Trinajstić information content (AvgIpc) is 3.04. The molecule has 0 aromatic carbocycles. The van der Waals surface area contributed by atoms with Gasteiger partial charge in [-0.15, -0.1) is 11.3 Å². The Morgan fingerprint density at radius 3 is 2.85 bits per heavy atom. The minimum Gasteiger partial charge on any atom is -0.351 e. The third-order valence-corrected chi connectivity index (χ3v) is 6.67. The van der Waals surface area contributed by atoms with Crippen molar-refractivity contribution in [1.82, 2.24) is 15.2 Å². The lowest BCUT2D eigenvalue weighted by Gasteiger charge is -2.27. The van der Waals surface area contributed by atoms with Crippen LogP contribution in [0.1, 0.15) is 39.0 Å². The molecule has 1 aliphatic heterocycles. The van der Waals surface area contributed by atoms with Crippen molar-refractivity contribution in [2.75, 3.05) is 25.1 Å². The summed E-state index contributed by atoms with van der Waals surface area (Å²) < 4.78 is 22.4. The summed E-state index contributed by atoms with van der Waals surface area (Å²) in [6, 6.07) is 4.21. The molecule has 0 fully saturated rings. The van der Waals surface area contributed by atoms with Crippen molar-refractivity contribution >= 4 is 27.1 Å². The van der Waals surface area contributed by atoms with Crippen molar-refractivity contribution in [2.45, 2.75) is 32.9 Å². The van der Waals surface area contributed by atoms with E-state index in [1.165, 1.54) is 16.7 Å². The van der Waals surface area contributed by atoms with E-state index in [1.807, 2.05) is 11.6 Å². The highest BCUT2D eigenvalue weighted by molar-refractivity contribution is 7.90. The molecule has 3 rings (SSSR count). The zero-order chi connectivity index (χ0) is 19.4. The van der Waals surface area contributed by atoms with E-state index in [-0.39, 0.29) is 18.2 Å². The zero-order valence-corrected chi connectivity index (χ0v) is 17.3. The van der Waals surface area contributed by atoms with Crippen LogP contribution in [0.5, 0.6) is 0 Å². The summed E-state index contributed by atoms with van der Waals surface area (Å²) >= 11 is 1.60. The van der Waals surface area contributed by atoms with Gasteiger partial charge in [-0.25, -0.2) is 8.42 Å². The zero-order valence-electron chi connectivity index (χ0n) is 15.7. The first-order valence-corrected chi connectivity index (χ1v) is 12.0. The summed E-state index contributed by atoms with van der Waals surface area (Å²) in [4.78, 5) is 20.5. The summed E-state index contributed by atoms with van der Waals surface area (Å²) in [7, 11) is -3.07. The van der Waals surface area contributed by atoms with Crippen LogP contribution in [0.25, 0.3) is 0 Å². The van der Waals surface area contributed by atoms with Crippen molar-refractivity contribution < 1.29 is 13.2 Å². The molecule has 1 aliphatic rings. The van der Waals surface area contributed by atoms with Crippen molar-refractivity contribution in [3.8, 4) is 0 Å². The number of hydrogen-bond donors (Lipinski definition) is 1. The summed E-state index contributed by atoms with van der Waals surface area (Å²) in [5, 5.41) is 4.61. The van der Waals surface area contributed by atoms with Gasteiger partial charge in [-0.3, -0.25) is 14.7 Å². The van der Waals surface area contributed by atoms with Crippen LogP contribution < -0.4 is 5.32 Å². The van der Waals surface area contributed by atoms with Gasteiger partial charge >= 0.3 is 0 Å². The number of carbonyl (C=O) groups is 1. The summed E-state index contributed by atoms with van der Waals surface area (Å²) in [6.07, 6.45) is 4.92. The van der Waals surface area contributed by atoms with Gasteiger partial charge in [-0.2, -0.15) is 0 Å². The Morgan fingerprint density at radius 1 is 1.37 bits per heavy atom. The molecule has 0 unspecified atom stereocenters. The van der Waals surface area contributed by atoms with Crippen LogP contribution in [0.4, 0.5) is 0 Å². The van der Waals surface area contributed by atoms with Crippen molar-refractivity contribution in [1.29, 1.82) is 0 Å². The molecule has 0 atom stereocenters. The Hall–Kier alpha value is -1.77. The van der Waals surface area contributed by atoms with E-state index < -0.39 is 9.84 Å². The molecule has 0 saturated carbocycles. The van der Waals surface area contributed by atoms with Gasteiger partial charge < -0.3 is 5.32 Å². The topological polar surface area (TPSA) is 79.4 Å². The van der Waals surface area contributed by atoms with E-state index in [2.05, 4.69) is 34.3 Å². The van der Waals surface area contributed by atoms with Crippen molar-refractivity contribution in [3.05, 3.63) is 51.0 Å². The van der Waals surface area contributed by atoms with E-state index in [0.29, 0.717) is 5.56 Å². The fourth-order valence-electron chi connectivity index (χ4n) is 3.14. The molecule has 8 heteroatoms. The second-order valence-corrected chi connectivity index (χ2v) is 10.1. The predicted molar refractivity (Wildman–Crippen MR) is 108 cm³/mol. The van der Waals surface area contributed by atoms with Crippen LogP contribution >= 0.6 is 11.3 Å². The molecular weight excluding hydrogens is 382 g/mol. The molecule has 3 heterocycles. The minimum absolute atomic E-state index is 0.0390. The quantitative estimate of drug-likeness (QED) is 0.760. The number of amides is 1. The summed E-state index contributed by atoms with van der Waals surface area (Å²) in [5.41, 5.74) is 4.09. The van der Waals surface area contributed by atoms with E-state index in [0.717, 1.165) is 43.7 Å². The highest BCUT2D eigenvalue weighted by Gasteiger charge is 2.24. The number of nitrogens with zero attached hydrogens (tertiary/aromatic N) is 2. The highest BCUT2D eigenvalue weighted by Crippen LogP contribution is 2.29. The van der Waals surface area contributed by atoms with Gasteiger partial charge in [0.2, 0.25) is 0 Å². The van der Waals surface area contributed by atoms with Crippen LogP contribution in [0.15, 0.2) is 23.7 Å². The molecule has 0 saturated heterocycles. The first kappa shape index (κ1) is 20.0. The van der Waals surface area contributed by atoms with Crippen LogP contribution in [0.3, 0.4) is 0 Å². The number of carbonyl (C=O) groups excluding carboxylic acids is 1. The number of aromatic nitrogens is 1. The monoisotopic (exact) mass is 407 g/mol. The Labute approximate surface area is 164 Å². The largest absolute Gasteiger partial charge is 0.351 e. The maximum absolute atomic E-state index is 12.4. The van der Waals surface area contributed by atoms with Gasteiger partial charge in [-0.05, 0) is 30.0 Å². The second-order valence-electron chi connectivity index (χ2n) is 6.91. The van der Waals surface area contributed by atoms with Gasteiger partial charge in [-0.1, -0.05) is 13.0 Å². The Bertz CT molecular complexity index is 905. The molecule has 0 aliphatic carbocycles. The molecule has 1 amide bonds. The van der Waals surface area contributed by atoms with E-state index in [1.54, 1.807) is 11.3 Å². The average molecular weight is 408 g/mol. The van der Waals surface area contributed by atoms with Gasteiger partial charge in [0, 0.05) is 48.9 Å². The number of thiophene rings is 1. The lowest BCUT2D eigenvalue weighted by Crippen LogP contribution is -2.32. The number of pyridine rings is 1. The third kappa shape index (κ3) is 5.37. The molecule has 0 bridgehead atoms. The maximum Gasteiger partial charge on any atom is 0.252 e. The lowest BCUT2D eigenvalue weighted by atomic mass is 10.0. The van der Waals surface area contributed by atoms with E-state index in [9.17, 15) is 13.2 Å². The van der Waals surface area contributed by atoms with Gasteiger partial charge in [0.25, 0.3) is 5.91 Å². The molecular formula is C19H25N3O3S2. The van der Waals surface area contributed by atoms with Crippen LogP contribution in [0.2, 0.25) is 0 Å². The third-order valence-electron chi connectivity index (χ3n) is 4.71. The fourth-order valence-corrected chi connectivity index (χ4v) is 4.73. The van der Waals surface area contributed by atoms with Gasteiger partial charge in [0.15, 0.2) is 0 Å². The normalized spacial score (nSPS) is 14.7. The molecule has 27 heavy (non-hydrogen) atoms. The van der Waals surface area contributed by atoms with Crippen LogP contribution in [-0.2, 0) is 35.8 Å². The second kappa shape index (κ2) is 8.50. The van der Waals surface area contributed by atoms with Gasteiger partial charge in [0.05, 0.1) is 17.0 Å². The Balaban J connectivity index is 1.60. The number of fused-ring (bicyclic) bond motifs is 1. The highest BCUT2D eigenvalue weighted by atomic mass is 32.2. The molecule has 6 nitrogen and oxygen atoms in total. The molecule has 2 aromatic rings. The van der Waals surface area contributed by atoms with E-state index >= 15 is 0 Å². The molecule has 146 valence electrons. The number of hydrogen-bond acceptors (Lipinski definition) is 6. The maximum atomic E-state index is 12.4. The number of sulfone groups is 1. The predicted octanol–water partition coefficient (Wildman–Crippen LogP) is 2.04. The standard InChI is InChI=1S/C19H25N3O3S2/c1-3-14-4-5-15(21-10-14)11-22-8-6-16-17(13-26-18(16)12-22)19(23)20-7-9-27(2,24)25/h4-5,10,13H,3,6-9,11-12H2,1-2H3,(H,20,23). The van der Waals surface area contributed by atoms with E-state index in [4.69, 9.17) is 0 Å². The lowest BCUT2D eigenvalue weighted by molar-refractivity contribution is 0.0955. The molecule has 0 radical (unpaired) electrons. The Morgan fingerprint density at radius 2 is 2.19 bits per heavy atom. The summed E-state index contributed by atoms with van der Waals surface area (Å²) in [5.74, 6) is -0.218.